The third-order valence-electron chi connectivity index (χ3n) is 2.58. The summed E-state index contributed by atoms with van der Waals surface area (Å²) in [5.74, 6) is -0.126. The van der Waals surface area contributed by atoms with E-state index in [9.17, 15) is 4.79 Å². The molecule has 0 radical (unpaired) electrons. The van der Waals surface area contributed by atoms with Crippen LogP contribution in [0.1, 0.15) is 30.4 Å². The number of nitrogens with two attached hydrogens (primary N) is 1. The van der Waals surface area contributed by atoms with Gasteiger partial charge in [0.15, 0.2) is 0 Å². The minimum Gasteiger partial charge on any atom is -0.469 e. The topological polar surface area (TPSA) is 52.3 Å². The van der Waals surface area contributed by atoms with Crippen LogP contribution in [0.15, 0.2) is 24.3 Å². The van der Waals surface area contributed by atoms with Crippen LogP contribution in [0.3, 0.4) is 0 Å². The van der Waals surface area contributed by atoms with Crippen molar-refractivity contribution in [3.63, 3.8) is 0 Å². The van der Waals surface area contributed by atoms with Gasteiger partial charge < -0.3 is 10.5 Å². The summed E-state index contributed by atoms with van der Waals surface area (Å²) in [5.41, 5.74) is 7.96. The third kappa shape index (κ3) is 4.45. The van der Waals surface area contributed by atoms with Crippen LogP contribution in [0.5, 0.6) is 0 Å². The van der Waals surface area contributed by atoms with Gasteiger partial charge in [0.1, 0.15) is 0 Å². The van der Waals surface area contributed by atoms with Gasteiger partial charge in [-0.1, -0.05) is 24.3 Å². The fraction of sp³-hybridized carbons (Fsp3) is 0.462. The highest BCUT2D eigenvalue weighted by Gasteiger charge is 2.00. The molecule has 3 heteroatoms. The van der Waals surface area contributed by atoms with E-state index in [1.807, 2.05) is 0 Å². The van der Waals surface area contributed by atoms with Crippen LogP contribution >= 0.6 is 0 Å². The lowest BCUT2D eigenvalue weighted by molar-refractivity contribution is -0.140. The number of unbranched alkanes of at least 4 members (excludes halogenated alkanes) is 1. The van der Waals surface area contributed by atoms with Crippen LogP contribution in [0.4, 0.5) is 0 Å². The number of aryl methyl sites for hydroxylation is 1. The zero-order valence-corrected chi connectivity index (χ0v) is 9.74. The lowest BCUT2D eigenvalue weighted by Gasteiger charge is -2.02. The van der Waals surface area contributed by atoms with Crippen molar-refractivity contribution in [2.75, 3.05) is 7.11 Å². The van der Waals surface area contributed by atoms with Crippen LogP contribution in [-0.4, -0.2) is 13.1 Å². The Morgan fingerprint density at radius 1 is 1.19 bits per heavy atom. The van der Waals surface area contributed by atoms with Gasteiger partial charge >= 0.3 is 5.97 Å². The predicted molar refractivity (Wildman–Crippen MR) is 63.9 cm³/mol. The van der Waals surface area contributed by atoms with Gasteiger partial charge in [-0.3, -0.25) is 4.79 Å². The van der Waals surface area contributed by atoms with Crippen molar-refractivity contribution < 1.29 is 9.53 Å². The molecule has 0 spiro atoms. The molecule has 2 N–H and O–H groups in total. The molecule has 16 heavy (non-hydrogen) atoms. The maximum absolute atomic E-state index is 10.9. The van der Waals surface area contributed by atoms with Gasteiger partial charge in [-0.25, -0.2) is 0 Å². The lowest BCUT2D eigenvalue weighted by atomic mass is 10.1. The number of methoxy groups -OCH3 is 1. The molecule has 0 aliphatic rings. The minimum atomic E-state index is -0.126. The summed E-state index contributed by atoms with van der Waals surface area (Å²) in [6.45, 7) is 0.586. The number of benzene rings is 1. The number of hydrogen-bond acceptors (Lipinski definition) is 3. The van der Waals surface area contributed by atoms with Crippen molar-refractivity contribution in [1.82, 2.24) is 0 Å². The molecule has 0 saturated carbocycles. The summed E-state index contributed by atoms with van der Waals surface area (Å²) in [6.07, 6.45) is 3.40. The molecule has 0 heterocycles. The third-order valence-corrected chi connectivity index (χ3v) is 2.58. The number of esters is 1. The summed E-state index contributed by atoms with van der Waals surface area (Å²) in [6, 6.07) is 8.30. The Balaban J connectivity index is 2.24. The van der Waals surface area contributed by atoms with Gasteiger partial charge in [0.05, 0.1) is 7.11 Å². The largest absolute Gasteiger partial charge is 0.469 e. The molecule has 0 fully saturated rings. The molecule has 1 aromatic rings. The zero-order valence-electron chi connectivity index (χ0n) is 9.74. The average Bonchev–Trinajstić information content (AvgIpc) is 2.35. The Morgan fingerprint density at radius 2 is 1.81 bits per heavy atom. The molecular weight excluding hydrogens is 202 g/mol. The van der Waals surface area contributed by atoms with E-state index in [4.69, 9.17) is 5.73 Å². The highest BCUT2D eigenvalue weighted by atomic mass is 16.5. The Bertz CT molecular complexity index is 319. The number of carbonyl (C=O) groups is 1. The predicted octanol–water partition coefficient (Wildman–Crippen LogP) is 2.03. The summed E-state index contributed by atoms with van der Waals surface area (Å²) < 4.78 is 4.58. The summed E-state index contributed by atoms with van der Waals surface area (Å²) in [4.78, 5) is 10.9. The Hall–Kier alpha value is -1.35. The smallest absolute Gasteiger partial charge is 0.305 e. The quantitative estimate of drug-likeness (QED) is 0.590. The molecule has 0 aromatic heterocycles. The highest BCUT2D eigenvalue weighted by Crippen LogP contribution is 2.08. The van der Waals surface area contributed by atoms with Gasteiger partial charge in [0, 0.05) is 13.0 Å². The standard InChI is InChI=1S/C13H19NO2/c1-16-13(15)5-3-2-4-11-6-8-12(10-14)9-7-11/h6-9H,2-5,10,14H2,1H3. The molecule has 0 amide bonds. The van der Waals surface area contributed by atoms with Crippen molar-refractivity contribution in [3.05, 3.63) is 35.4 Å². The fourth-order valence-electron chi connectivity index (χ4n) is 1.54. The molecule has 0 aliphatic heterocycles. The maximum Gasteiger partial charge on any atom is 0.305 e. The minimum absolute atomic E-state index is 0.126. The van der Waals surface area contributed by atoms with Crippen LogP contribution in [0.2, 0.25) is 0 Å². The van der Waals surface area contributed by atoms with Gasteiger partial charge in [-0.2, -0.15) is 0 Å². The zero-order chi connectivity index (χ0) is 11.8. The normalized spacial score (nSPS) is 10.1. The van der Waals surface area contributed by atoms with Gasteiger partial charge in [-0.05, 0) is 30.4 Å². The molecular formula is C13H19NO2. The SMILES string of the molecule is COC(=O)CCCCc1ccc(CN)cc1. The first-order valence-electron chi connectivity index (χ1n) is 5.61. The molecule has 0 saturated heterocycles. The number of hydrogen-bond donors (Lipinski definition) is 1. The van der Waals surface area contributed by atoms with E-state index in [0.717, 1.165) is 24.8 Å². The van der Waals surface area contributed by atoms with E-state index in [2.05, 4.69) is 29.0 Å². The second kappa shape index (κ2) is 7.01. The summed E-state index contributed by atoms with van der Waals surface area (Å²) in [7, 11) is 1.42. The Kier molecular flexibility index (Phi) is 5.57. The van der Waals surface area contributed by atoms with Crippen LogP contribution < -0.4 is 5.73 Å². The van der Waals surface area contributed by atoms with Crippen molar-refractivity contribution in [2.24, 2.45) is 5.73 Å². The van der Waals surface area contributed by atoms with Gasteiger partial charge in [0.2, 0.25) is 0 Å². The van der Waals surface area contributed by atoms with E-state index in [1.165, 1.54) is 12.7 Å². The molecule has 0 unspecified atom stereocenters. The molecule has 0 aliphatic carbocycles. The molecule has 1 rings (SSSR count). The second-order valence-corrected chi connectivity index (χ2v) is 3.80. The fourth-order valence-corrected chi connectivity index (χ4v) is 1.54. The van der Waals surface area contributed by atoms with Gasteiger partial charge in [0.25, 0.3) is 0 Å². The summed E-state index contributed by atoms with van der Waals surface area (Å²) >= 11 is 0. The van der Waals surface area contributed by atoms with Gasteiger partial charge in [-0.15, -0.1) is 0 Å². The molecule has 3 nitrogen and oxygen atoms in total. The molecule has 0 bridgehead atoms. The lowest BCUT2D eigenvalue weighted by Crippen LogP contribution is -2.00. The highest BCUT2D eigenvalue weighted by molar-refractivity contribution is 5.68. The second-order valence-electron chi connectivity index (χ2n) is 3.80. The maximum atomic E-state index is 10.9. The first-order chi connectivity index (χ1) is 7.76. The van der Waals surface area contributed by atoms with Crippen molar-refractivity contribution in [1.29, 1.82) is 0 Å². The monoisotopic (exact) mass is 221 g/mol. The Morgan fingerprint density at radius 3 is 2.38 bits per heavy atom. The van der Waals surface area contributed by atoms with Crippen LogP contribution in [0.25, 0.3) is 0 Å². The van der Waals surface area contributed by atoms with E-state index >= 15 is 0 Å². The molecule has 1 aromatic carbocycles. The van der Waals surface area contributed by atoms with Crippen molar-refractivity contribution in [2.45, 2.75) is 32.2 Å². The Labute approximate surface area is 96.6 Å². The van der Waals surface area contributed by atoms with E-state index in [-0.39, 0.29) is 5.97 Å². The van der Waals surface area contributed by atoms with Crippen LogP contribution in [-0.2, 0) is 22.5 Å². The van der Waals surface area contributed by atoms with Crippen LogP contribution in [0, 0.1) is 0 Å². The average molecular weight is 221 g/mol. The van der Waals surface area contributed by atoms with E-state index in [1.54, 1.807) is 0 Å². The molecule has 0 atom stereocenters. The van der Waals surface area contributed by atoms with E-state index < -0.39 is 0 Å². The first kappa shape index (κ1) is 12.7. The van der Waals surface area contributed by atoms with E-state index in [0.29, 0.717) is 13.0 Å². The first-order valence-corrected chi connectivity index (χ1v) is 5.61. The summed E-state index contributed by atoms with van der Waals surface area (Å²) in [5, 5.41) is 0. The number of rotatable bonds is 6. The number of carbonyl (C=O) groups excluding carboxylic acids is 1. The molecule has 88 valence electrons. The van der Waals surface area contributed by atoms with Crippen molar-refractivity contribution >= 4 is 5.97 Å². The van der Waals surface area contributed by atoms with Crippen molar-refractivity contribution in [3.8, 4) is 0 Å². The number of ether oxygens (including phenoxy) is 1.